The summed E-state index contributed by atoms with van der Waals surface area (Å²) >= 11 is 0. The summed E-state index contributed by atoms with van der Waals surface area (Å²) in [5, 5.41) is 12.9. The van der Waals surface area contributed by atoms with Crippen molar-refractivity contribution in [1.29, 1.82) is 0 Å². The number of nitrogens with one attached hydrogen (secondary N) is 1. The highest BCUT2D eigenvalue weighted by atomic mass is 16.5. The fourth-order valence-corrected chi connectivity index (χ4v) is 1.46. The molecule has 1 saturated heterocycles. The average molecular weight is 203 g/mol. The number of methoxy groups -OCH3 is 1. The molecule has 0 aliphatic carbocycles. The van der Waals surface area contributed by atoms with E-state index in [1.807, 2.05) is 6.92 Å². The van der Waals surface area contributed by atoms with Gasteiger partial charge in [0, 0.05) is 19.6 Å². The van der Waals surface area contributed by atoms with Crippen molar-refractivity contribution in [2.45, 2.75) is 25.0 Å². The minimum atomic E-state index is -0.853. The highest BCUT2D eigenvalue weighted by molar-refractivity contribution is 5.71. The third-order valence-electron chi connectivity index (χ3n) is 2.59. The number of rotatable bonds is 4. The van der Waals surface area contributed by atoms with E-state index >= 15 is 0 Å². The van der Waals surface area contributed by atoms with Crippen LogP contribution in [0.1, 0.15) is 13.3 Å². The summed E-state index contributed by atoms with van der Waals surface area (Å²) in [4.78, 5) is 10.8. The predicted molar refractivity (Wildman–Crippen MR) is 49.9 cm³/mol. The molecule has 2 atom stereocenters. The molecule has 0 aromatic heterocycles. The molecule has 2 N–H and O–H groups in total. The van der Waals surface area contributed by atoms with Crippen LogP contribution in [-0.2, 0) is 14.3 Å². The molecular weight excluding hydrogens is 186 g/mol. The number of hydrogen-bond acceptors (Lipinski definition) is 5. The van der Waals surface area contributed by atoms with Crippen molar-refractivity contribution in [2.24, 2.45) is 0 Å². The van der Waals surface area contributed by atoms with Gasteiger partial charge in [-0.3, -0.25) is 4.79 Å². The van der Waals surface area contributed by atoms with Gasteiger partial charge in [0.1, 0.15) is 5.60 Å². The first-order chi connectivity index (χ1) is 6.58. The van der Waals surface area contributed by atoms with E-state index in [2.05, 4.69) is 10.1 Å². The topological polar surface area (TPSA) is 67.8 Å². The molecule has 1 heterocycles. The monoisotopic (exact) mass is 203 g/mol. The molecule has 0 amide bonds. The van der Waals surface area contributed by atoms with Crippen molar-refractivity contribution < 1.29 is 19.4 Å². The Hall–Kier alpha value is -0.650. The van der Waals surface area contributed by atoms with Gasteiger partial charge in [0.2, 0.25) is 0 Å². The first-order valence-corrected chi connectivity index (χ1v) is 4.70. The minimum Gasteiger partial charge on any atom is -0.468 e. The van der Waals surface area contributed by atoms with Gasteiger partial charge in [-0.15, -0.1) is 0 Å². The maximum atomic E-state index is 10.8. The molecule has 5 nitrogen and oxygen atoms in total. The molecule has 5 heteroatoms. The van der Waals surface area contributed by atoms with Gasteiger partial charge in [-0.1, -0.05) is 0 Å². The van der Waals surface area contributed by atoms with Crippen LogP contribution >= 0.6 is 0 Å². The maximum Gasteiger partial charge on any atom is 0.319 e. The molecule has 0 saturated carbocycles. The lowest BCUT2D eigenvalue weighted by molar-refractivity contribution is -0.139. The summed E-state index contributed by atoms with van der Waals surface area (Å²) in [6.07, 6.45) is 0.412. The minimum absolute atomic E-state index is 0.117. The van der Waals surface area contributed by atoms with Crippen LogP contribution in [0, 0.1) is 0 Å². The van der Waals surface area contributed by atoms with Crippen molar-refractivity contribution in [3.63, 3.8) is 0 Å². The average Bonchev–Trinajstić information content (AvgIpc) is 2.47. The van der Waals surface area contributed by atoms with E-state index in [-0.39, 0.29) is 18.6 Å². The number of ether oxygens (including phenoxy) is 2. The third kappa shape index (κ3) is 2.67. The Labute approximate surface area is 83.4 Å². The molecule has 0 bridgehead atoms. The lowest BCUT2D eigenvalue weighted by Gasteiger charge is -2.25. The Morgan fingerprint density at radius 1 is 1.79 bits per heavy atom. The summed E-state index contributed by atoms with van der Waals surface area (Å²) in [5.74, 6) is -0.333. The second-order valence-electron chi connectivity index (χ2n) is 3.55. The van der Waals surface area contributed by atoms with Gasteiger partial charge in [-0.25, -0.2) is 0 Å². The van der Waals surface area contributed by atoms with Crippen molar-refractivity contribution in [3.05, 3.63) is 0 Å². The van der Waals surface area contributed by atoms with Crippen LogP contribution in [0.25, 0.3) is 0 Å². The number of carbonyl (C=O) groups excluding carboxylic acids is 1. The van der Waals surface area contributed by atoms with Crippen molar-refractivity contribution in [2.75, 3.05) is 26.8 Å². The van der Waals surface area contributed by atoms with Gasteiger partial charge in [0.25, 0.3) is 0 Å². The lowest BCUT2D eigenvalue weighted by Crippen LogP contribution is -2.47. The van der Waals surface area contributed by atoms with E-state index in [4.69, 9.17) is 4.74 Å². The highest BCUT2D eigenvalue weighted by Crippen LogP contribution is 2.24. The van der Waals surface area contributed by atoms with Crippen LogP contribution in [-0.4, -0.2) is 49.6 Å². The van der Waals surface area contributed by atoms with Crippen LogP contribution in [0.2, 0.25) is 0 Å². The molecule has 1 rings (SSSR count). The number of aliphatic hydroxyl groups is 1. The van der Waals surface area contributed by atoms with E-state index in [0.29, 0.717) is 19.6 Å². The van der Waals surface area contributed by atoms with E-state index in [9.17, 15) is 9.90 Å². The molecule has 14 heavy (non-hydrogen) atoms. The third-order valence-corrected chi connectivity index (χ3v) is 2.59. The summed E-state index contributed by atoms with van der Waals surface area (Å²) in [5.41, 5.74) is -0.853. The Morgan fingerprint density at radius 3 is 3.00 bits per heavy atom. The first-order valence-electron chi connectivity index (χ1n) is 4.70. The fraction of sp³-hybridized carbons (Fsp3) is 0.889. The molecule has 2 unspecified atom stereocenters. The van der Waals surface area contributed by atoms with Gasteiger partial charge in [-0.2, -0.15) is 0 Å². The summed E-state index contributed by atoms with van der Waals surface area (Å²) < 4.78 is 9.71. The number of carbonyl (C=O) groups is 1. The second kappa shape index (κ2) is 4.72. The molecule has 1 fully saturated rings. The molecule has 1 aliphatic rings. The molecule has 0 aromatic carbocycles. The zero-order valence-corrected chi connectivity index (χ0v) is 8.58. The predicted octanol–water partition coefficient (Wildman–Crippen LogP) is -0.711. The Balaban J connectivity index is 2.26. The largest absolute Gasteiger partial charge is 0.468 e. The SMILES string of the molecule is COC(=O)CNCC1(O)CCOC1C. The Morgan fingerprint density at radius 2 is 2.50 bits per heavy atom. The van der Waals surface area contributed by atoms with Gasteiger partial charge in [-0.05, 0) is 6.92 Å². The van der Waals surface area contributed by atoms with Gasteiger partial charge >= 0.3 is 5.97 Å². The van der Waals surface area contributed by atoms with E-state index < -0.39 is 5.60 Å². The number of esters is 1. The van der Waals surface area contributed by atoms with E-state index in [1.165, 1.54) is 7.11 Å². The molecule has 0 spiro atoms. The zero-order valence-electron chi connectivity index (χ0n) is 8.58. The van der Waals surface area contributed by atoms with Gasteiger partial charge in [0.05, 0.1) is 19.8 Å². The van der Waals surface area contributed by atoms with Crippen LogP contribution in [0.3, 0.4) is 0 Å². The molecule has 0 radical (unpaired) electrons. The molecule has 82 valence electrons. The van der Waals surface area contributed by atoms with Crippen LogP contribution in [0.4, 0.5) is 0 Å². The first kappa shape index (κ1) is 11.4. The Bertz CT molecular complexity index is 209. The van der Waals surface area contributed by atoms with Gasteiger partial charge < -0.3 is 19.9 Å². The molecular formula is C9H17NO4. The lowest BCUT2D eigenvalue weighted by atomic mass is 9.97. The van der Waals surface area contributed by atoms with Gasteiger partial charge in [0.15, 0.2) is 0 Å². The van der Waals surface area contributed by atoms with E-state index in [0.717, 1.165) is 0 Å². The van der Waals surface area contributed by atoms with Crippen molar-refractivity contribution in [1.82, 2.24) is 5.32 Å². The molecule has 1 aliphatic heterocycles. The quantitative estimate of drug-likeness (QED) is 0.591. The van der Waals surface area contributed by atoms with Crippen LogP contribution in [0.15, 0.2) is 0 Å². The van der Waals surface area contributed by atoms with Crippen LogP contribution in [0.5, 0.6) is 0 Å². The van der Waals surface area contributed by atoms with E-state index in [1.54, 1.807) is 0 Å². The molecule has 0 aromatic rings. The summed E-state index contributed by atoms with van der Waals surface area (Å²) in [6, 6.07) is 0. The number of hydrogen-bond donors (Lipinski definition) is 2. The van der Waals surface area contributed by atoms with Crippen LogP contribution < -0.4 is 5.32 Å². The summed E-state index contributed by atoms with van der Waals surface area (Å²) in [7, 11) is 1.33. The second-order valence-corrected chi connectivity index (χ2v) is 3.55. The van der Waals surface area contributed by atoms with Crippen molar-refractivity contribution in [3.8, 4) is 0 Å². The highest BCUT2D eigenvalue weighted by Gasteiger charge is 2.39. The normalized spacial score (nSPS) is 31.8. The zero-order chi connectivity index (χ0) is 10.6. The standard InChI is InChI=1S/C9H17NO4/c1-7-9(12,3-4-14-7)6-10-5-8(11)13-2/h7,10,12H,3-6H2,1-2H3. The fourth-order valence-electron chi connectivity index (χ4n) is 1.46. The Kier molecular flexibility index (Phi) is 3.86. The smallest absolute Gasteiger partial charge is 0.319 e. The maximum absolute atomic E-state index is 10.8. The van der Waals surface area contributed by atoms with Crippen molar-refractivity contribution >= 4 is 5.97 Å². The summed E-state index contributed by atoms with van der Waals surface area (Å²) in [6.45, 7) is 2.86.